The summed E-state index contributed by atoms with van der Waals surface area (Å²) in [5, 5.41) is 12.0. The molecule has 2 rings (SSSR count). The van der Waals surface area contributed by atoms with E-state index in [1.165, 1.54) is 0 Å². The molecule has 0 aromatic heterocycles. The molecule has 0 radical (unpaired) electrons. The van der Waals surface area contributed by atoms with Crippen LogP contribution in [0.3, 0.4) is 0 Å². The lowest BCUT2D eigenvalue weighted by atomic mass is 10.1. The first-order chi connectivity index (χ1) is 8.63. The summed E-state index contributed by atoms with van der Waals surface area (Å²) >= 11 is 0. The van der Waals surface area contributed by atoms with Crippen molar-refractivity contribution in [3.8, 4) is 0 Å². The zero-order chi connectivity index (χ0) is 13.1. The van der Waals surface area contributed by atoms with Crippen LogP contribution in [-0.2, 0) is 4.74 Å². The molecule has 0 saturated carbocycles. The van der Waals surface area contributed by atoms with Crippen LogP contribution in [0.25, 0.3) is 0 Å². The number of hydrogen-bond acceptors (Lipinski definition) is 4. The third kappa shape index (κ3) is 2.41. The van der Waals surface area contributed by atoms with Gasteiger partial charge in [0, 0.05) is 23.8 Å². The van der Waals surface area contributed by atoms with Crippen LogP contribution in [0.15, 0.2) is 23.4 Å². The molecule has 0 amide bonds. The van der Waals surface area contributed by atoms with Crippen molar-refractivity contribution >= 4 is 11.5 Å². The summed E-state index contributed by atoms with van der Waals surface area (Å²) in [5.41, 5.74) is 8.60. The largest absolute Gasteiger partial charge is 0.409 e. The number of oxime groups is 1. The lowest BCUT2D eigenvalue weighted by molar-refractivity contribution is 0.0989. The van der Waals surface area contributed by atoms with Crippen LogP contribution in [0.1, 0.15) is 18.1 Å². The van der Waals surface area contributed by atoms with Crippen molar-refractivity contribution in [2.75, 3.05) is 24.7 Å². The van der Waals surface area contributed by atoms with Crippen molar-refractivity contribution < 1.29 is 9.94 Å². The first kappa shape index (κ1) is 12.7. The molecule has 0 bridgehead atoms. The number of nitrogens with zero attached hydrogens (tertiary/aromatic N) is 2. The van der Waals surface area contributed by atoms with Crippen LogP contribution in [0.4, 0.5) is 5.69 Å². The van der Waals surface area contributed by atoms with Gasteiger partial charge in [0.15, 0.2) is 5.84 Å². The lowest BCUT2D eigenvalue weighted by Gasteiger charge is -2.36. The van der Waals surface area contributed by atoms with E-state index < -0.39 is 0 Å². The number of rotatable bonds is 2. The van der Waals surface area contributed by atoms with E-state index in [1.54, 1.807) is 0 Å². The Morgan fingerprint density at radius 2 is 2.33 bits per heavy atom. The molecule has 3 N–H and O–H groups in total. The van der Waals surface area contributed by atoms with Gasteiger partial charge in [-0.3, -0.25) is 0 Å². The minimum atomic E-state index is 0.146. The van der Waals surface area contributed by atoms with Crippen molar-refractivity contribution in [3.05, 3.63) is 29.3 Å². The molecule has 1 saturated heterocycles. The number of hydrogen-bond donors (Lipinski definition) is 2. The van der Waals surface area contributed by atoms with Gasteiger partial charge in [-0.25, -0.2) is 0 Å². The van der Waals surface area contributed by atoms with Crippen LogP contribution in [0.5, 0.6) is 0 Å². The first-order valence-corrected chi connectivity index (χ1v) is 6.06. The van der Waals surface area contributed by atoms with Crippen molar-refractivity contribution in [2.45, 2.75) is 19.9 Å². The molecule has 1 aromatic carbocycles. The number of benzene rings is 1. The number of anilines is 1. The average molecular weight is 249 g/mol. The summed E-state index contributed by atoms with van der Waals surface area (Å²) in [4.78, 5) is 2.23. The highest BCUT2D eigenvalue weighted by atomic mass is 16.5. The predicted octanol–water partition coefficient (Wildman–Crippen LogP) is 1.31. The molecule has 0 spiro atoms. The predicted molar refractivity (Wildman–Crippen MR) is 71.3 cm³/mol. The normalized spacial score (nSPS) is 21.1. The Morgan fingerprint density at radius 3 is 3.00 bits per heavy atom. The summed E-state index contributed by atoms with van der Waals surface area (Å²) in [6, 6.07) is 6.27. The van der Waals surface area contributed by atoms with Gasteiger partial charge < -0.3 is 20.6 Å². The molecule has 1 aromatic rings. The lowest BCUT2D eigenvalue weighted by Crippen LogP contribution is -2.44. The summed E-state index contributed by atoms with van der Waals surface area (Å²) in [5.74, 6) is 0.146. The van der Waals surface area contributed by atoms with Gasteiger partial charge in [-0.2, -0.15) is 0 Å². The van der Waals surface area contributed by atoms with E-state index >= 15 is 0 Å². The van der Waals surface area contributed by atoms with Crippen LogP contribution >= 0.6 is 0 Å². The first-order valence-electron chi connectivity index (χ1n) is 6.06. The minimum absolute atomic E-state index is 0.146. The third-order valence-corrected chi connectivity index (χ3v) is 3.21. The standard InChI is InChI=1S/C13H19N3O2/c1-9-3-4-12(11(7-9)13(14)15-17)16-5-6-18-8-10(16)2/h3-4,7,10,17H,5-6,8H2,1-2H3,(H2,14,15). The molecule has 1 aliphatic rings. The number of nitrogens with two attached hydrogens (primary N) is 1. The molecular formula is C13H19N3O2. The second kappa shape index (κ2) is 5.27. The fraction of sp³-hybridized carbons (Fsp3) is 0.462. The Hall–Kier alpha value is -1.75. The van der Waals surface area contributed by atoms with Gasteiger partial charge in [0.05, 0.1) is 13.2 Å². The van der Waals surface area contributed by atoms with E-state index in [0.29, 0.717) is 13.2 Å². The zero-order valence-electron chi connectivity index (χ0n) is 10.8. The Labute approximate surface area is 107 Å². The Morgan fingerprint density at radius 1 is 1.56 bits per heavy atom. The molecule has 0 aliphatic carbocycles. The minimum Gasteiger partial charge on any atom is -0.409 e. The number of morpholine rings is 1. The summed E-state index contributed by atoms with van der Waals surface area (Å²) in [6.07, 6.45) is 0. The summed E-state index contributed by atoms with van der Waals surface area (Å²) in [6.45, 7) is 6.31. The van der Waals surface area contributed by atoms with Gasteiger partial charge >= 0.3 is 0 Å². The highest BCUT2D eigenvalue weighted by Gasteiger charge is 2.22. The van der Waals surface area contributed by atoms with Crippen LogP contribution in [-0.4, -0.2) is 36.8 Å². The molecule has 18 heavy (non-hydrogen) atoms. The molecule has 1 atom stereocenters. The molecule has 1 unspecified atom stereocenters. The fourth-order valence-electron chi connectivity index (χ4n) is 2.24. The molecular weight excluding hydrogens is 230 g/mol. The monoisotopic (exact) mass is 249 g/mol. The third-order valence-electron chi connectivity index (χ3n) is 3.21. The topological polar surface area (TPSA) is 71.1 Å². The van der Waals surface area contributed by atoms with E-state index in [-0.39, 0.29) is 11.9 Å². The van der Waals surface area contributed by atoms with Crippen LogP contribution < -0.4 is 10.6 Å². The van der Waals surface area contributed by atoms with Crippen LogP contribution in [0.2, 0.25) is 0 Å². The molecule has 1 heterocycles. The highest BCUT2D eigenvalue weighted by Crippen LogP contribution is 2.25. The number of aryl methyl sites for hydroxylation is 1. The van der Waals surface area contributed by atoms with Crippen molar-refractivity contribution in [2.24, 2.45) is 10.9 Å². The van der Waals surface area contributed by atoms with E-state index in [4.69, 9.17) is 15.7 Å². The van der Waals surface area contributed by atoms with Crippen molar-refractivity contribution in [1.29, 1.82) is 0 Å². The maximum absolute atomic E-state index is 8.89. The quantitative estimate of drug-likeness (QED) is 0.359. The van der Waals surface area contributed by atoms with E-state index in [0.717, 1.165) is 23.4 Å². The van der Waals surface area contributed by atoms with Gasteiger partial charge in [0.2, 0.25) is 0 Å². The smallest absolute Gasteiger partial charge is 0.172 e. The van der Waals surface area contributed by atoms with Crippen molar-refractivity contribution in [3.63, 3.8) is 0 Å². The highest BCUT2D eigenvalue weighted by molar-refractivity contribution is 6.02. The van der Waals surface area contributed by atoms with E-state index in [2.05, 4.69) is 17.0 Å². The Kier molecular flexibility index (Phi) is 3.72. The molecule has 1 aliphatic heterocycles. The summed E-state index contributed by atoms with van der Waals surface area (Å²) in [7, 11) is 0. The SMILES string of the molecule is Cc1ccc(N2CCOCC2C)c(/C(N)=N/O)c1. The van der Waals surface area contributed by atoms with Crippen LogP contribution in [0, 0.1) is 6.92 Å². The van der Waals surface area contributed by atoms with Gasteiger partial charge in [-0.1, -0.05) is 16.8 Å². The van der Waals surface area contributed by atoms with Gasteiger partial charge in [0.1, 0.15) is 0 Å². The van der Waals surface area contributed by atoms with Gasteiger partial charge in [0.25, 0.3) is 0 Å². The number of ether oxygens (including phenoxy) is 1. The Balaban J connectivity index is 2.42. The Bertz CT molecular complexity index is 460. The van der Waals surface area contributed by atoms with Crippen molar-refractivity contribution in [1.82, 2.24) is 0 Å². The molecule has 98 valence electrons. The maximum Gasteiger partial charge on any atom is 0.172 e. The van der Waals surface area contributed by atoms with E-state index in [1.807, 2.05) is 25.1 Å². The molecule has 5 nitrogen and oxygen atoms in total. The fourth-order valence-corrected chi connectivity index (χ4v) is 2.24. The van der Waals surface area contributed by atoms with Gasteiger partial charge in [-0.05, 0) is 26.0 Å². The zero-order valence-corrected chi connectivity index (χ0v) is 10.8. The summed E-state index contributed by atoms with van der Waals surface area (Å²) < 4.78 is 5.43. The second-order valence-electron chi connectivity index (χ2n) is 4.62. The second-order valence-corrected chi connectivity index (χ2v) is 4.62. The maximum atomic E-state index is 8.89. The molecule has 1 fully saturated rings. The van der Waals surface area contributed by atoms with Gasteiger partial charge in [-0.15, -0.1) is 0 Å². The molecule has 5 heteroatoms. The average Bonchev–Trinajstić information content (AvgIpc) is 2.39. The number of amidine groups is 1. The van der Waals surface area contributed by atoms with E-state index in [9.17, 15) is 0 Å².